The van der Waals surface area contributed by atoms with Crippen LogP contribution in [0.3, 0.4) is 0 Å². The molecule has 1 fully saturated rings. The molecule has 2 amide bonds. The zero-order valence-electron chi connectivity index (χ0n) is 12.8. The van der Waals surface area contributed by atoms with Gasteiger partial charge in [0.05, 0.1) is 23.5 Å². The molecule has 23 heavy (non-hydrogen) atoms. The third-order valence-electron chi connectivity index (χ3n) is 4.16. The summed E-state index contributed by atoms with van der Waals surface area (Å²) in [6.45, 7) is 1.67. The molecule has 0 spiro atoms. The predicted molar refractivity (Wildman–Crippen MR) is 83.9 cm³/mol. The van der Waals surface area contributed by atoms with Gasteiger partial charge in [-0.25, -0.2) is 13.9 Å². The number of carbonyl (C=O) groups is 1. The van der Waals surface area contributed by atoms with Crippen LogP contribution < -0.4 is 10.6 Å². The fourth-order valence-corrected chi connectivity index (χ4v) is 2.62. The summed E-state index contributed by atoms with van der Waals surface area (Å²) in [7, 11) is 0. The number of hydrogen-bond donors (Lipinski definition) is 3. The van der Waals surface area contributed by atoms with Crippen LogP contribution in [0.15, 0.2) is 36.7 Å². The smallest absolute Gasteiger partial charge is 0.319 e. The van der Waals surface area contributed by atoms with Gasteiger partial charge >= 0.3 is 6.03 Å². The summed E-state index contributed by atoms with van der Waals surface area (Å²) in [5.41, 5.74) is 0.203. The van der Waals surface area contributed by atoms with Gasteiger partial charge in [-0.15, -0.1) is 0 Å². The lowest BCUT2D eigenvalue weighted by Crippen LogP contribution is -2.52. The highest BCUT2D eigenvalue weighted by Crippen LogP contribution is 2.39. The number of carbonyl (C=O) groups excluding carboxylic acids is 1. The van der Waals surface area contributed by atoms with E-state index in [1.807, 2.05) is 6.92 Å². The molecule has 0 aliphatic heterocycles. The maximum absolute atomic E-state index is 13.5. The van der Waals surface area contributed by atoms with Crippen molar-refractivity contribution in [3.8, 4) is 5.69 Å². The molecule has 1 heterocycles. The Hall–Kier alpha value is -2.41. The maximum atomic E-state index is 13.5. The van der Waals surface area contributed by atoms with Crippen LogP contribution in [0.1, 0.15) is 19.8 Å². The summed E-state index contributed by atoms with van der Waals surface area (Å²) in [5, 5.41) is 19.1. The molecule has 2 aromatic rings. The number of nitrogens with one attached hydrogen (secondary N) is 2. The number of hydrogen-bond acceptors (Lipinski definition) is 3. The third-order valence-corrected chi connectivity index (χ3v) is 4.16. The monoisotopic (exact) mass is 318 g/mol. The Balaban J connectivity index is 1.79. The Morgan fingerprint density at radius 3 is 2.91 bits per heavy atom. The van der Waals surface area contributed by atoms with E-state index in [0.717, 1.165) is 12.8 Å². The lowest BCUT2D eigenvalue weighted by atomic mass is 9.97. The van der Waals surface area contributed by atoms with Gasteiger partial charge in [0.25, 0.3) is 0 Å². The average molecular weight is 318 g/mol. The molecule has 1 aliphatic rings. The molecule has 0 bridgehead atoms. The summed E-state index contributed by atoms with van der Waals surface area (Å²) in [4.78, 5) is 12.3. The Bertz CT molecular complexity index is 700. The van der Waals surface area contributed by atoms with Gasteiger partial charge in [0.2, 0.25) is 0 Å². The van der Waals surface area contributed by atoms with Crippen molar-refractivity contribution < 1.29 is 14.3 Å². The van der Waals surface area contributed by atoms with Gasteiger partial charge in [0, 0.05) is 12.4 Å². The van der Waals surface area contributed by atoms with Crippen LogP contribution in [-0.4, -0.2) is 33.1 Å². The molecule has 1 unspecified atom stereocenters. The molecule has 1 atom stereocenters. The molecule has 1 aliphatic carbocycles. The van der Waals surface area contributed by atoms with E-state index in [4.69, 9.17) is 0 Å². The van der Waals surface area contributed by atoms with Crippen LogP contribution in [-0.2, 0) is 0 Å². The van der Waals surface area contributed by atoms with Crippen molar-refractivity contribution in [1.82, 2.24) is 15.1 Å². The highest BCUT2D eigenvalue weighted by Gasteiger charge is 2.42. The molecule has 1 aromatic heterocycles. The fraction of sp³-hybridized carbons (Fsp3) is 0.375. The number of benzene rings is 1. The lowest BCUT2D eigenvalue weighted by molar-refractivity contribution is 0.159. The van der Waals surface area contributed by atoms with E-state index in [0.29, 0.717) is 11.4 Å². The second-order valence-corrected chi connectivity index (χ2v) is 6.04. The molecular formula is C16H19FN4O2. The summed E-state index contributed by atoms with van der Waals surface area (Å²) in [6, 6.07) is 5.35. The van der Waals surface area contributed by atoms with Crippen molar-refractivity contribution in [2.75, 3.05) is 11.9 Å². The average Bonchev–Trinajstić information content (AvgIpc) is 3.24. The topological polar surface area (TPSA) is 79.2 Å². The zero-order chi connectivity index (χ0) is 16.4. The van der Waals surface area contributed by atoms with Crippen LogP contribution >= 0.6 is 0 Å². The normalized spacial score (nSPS) is 16.7. The van der Waals surface area contributed by atoms with Gasteiger partial charge in [-0.2, -0.15) is 5.10 Å². The number of aliphatic hydroxyl groups is 1. The second-order valence-electron chi connectivity index (χ2n) is 6.04. The van der Waals surface area contributed by atoms with E-state index in [2.05, 4.69) is 15.7 Å². The van der Waals surface area contributed by atoms with E-state index >= 15 is 0 Å². The standard InChI is InChI=1S/C16H19FN4O2/c1-16(10-22,11-3-4-11)20-15(23)19-13-9-12(17)5-6-14(13)21-8-2-7-18-21/h2,5-9,11,22H,3-4,10H2,1H3,(H2,19,20,23). The minimum absolute atomic E-state index is 0.139. The largest absolute Gasteiger partial charge is 0.394 e. The lowest BCUT2D eigenvalue weighted by Gasteiger charge is -2.29. The minimum atomic E-state index is -0.663. The van der Waals surface area contributed by atoms with Crippen molar-refractivity contribution in [3.05, 3.63) is 42.5 Å². The molecule has 122 valence electrons. The van der Waals surface area contributed by atoms with E-state index in [9.17, 15) is 14.3 Å². The van der Waals surface area contributed by atoms with E-state index in [-0.39, 0.29) is 12.5 Å². The van der Waals surface area contributed by atoms with Crippen LogP contribution in [0.25, 0.3) is 5.69 Å². The number of nitrogens with zero attached hydrogens (tertiary/aromatic N) is 2. The zero-order valence-corrected chi connectivity index (χ0v) is 12.8. The Kier molecular flexibility index (Phi) is 4.04. The van der Waals surface area contributed by atoms with Crippen molar-refractivity contribution in [2.45, 2.75) is 25.3 Å². The summed E-state index contributed by atoms with van der Waals surface area (Å²) >= 11 is 0. The van der Waals surface area contributed by atoms with Crippen LogP contribution in [0.2, 0.25) is 0 Å². The number of aromatic nitrogens is 2. The molecule has 0 saturated heterocycles. The highest BCUT2D eigenvalue weighted by molar-refractivity contribution is 5.92. The third kappa shape index (κ3) is 3.34. The first-order chi connectivity index (χ1) is 11.0. The van der Waals surface area contributed by atoms with E-state index in [1.165, 1.54) is 12.1 Å². The Morgan fingerprint density at radius 2 is 2.30 bits per heavy atom. The molecule has 0 radical (unpaired) electrons. The number of amides is 2. The van der Waals surface area contributed by atoms with E-state index in [1.54, 1.807) is 29.2 Å². The molecule has 6 nitrogen and oxygen atoms in total. The molecule has 3 rings (SSSR count). The van der Waals surface area contributed by atoms with Gasteiger partial charge < -0.3 is 15.7 Å². The van der Waals surface area contributed by atoms with Gasteiger partial charge in [0.1, 0.15) is 5.82 Å². The van der Waals surface area contributed by atoms with Gasteiger partial charge in [-0.1, -0.05) is 0 Å². The first-order valence-corrected chi connectivity index (χ1v) is 7.51. The molecular weight excluding hydrogens is 299 g/mol. The van der Waals surface area contributed by atoms with Crippen LogP contribution in [0, 0.1) is 11.7 Å². The van der Waals surface area contributed by atoms with Crippen molar-refractivity contribution in [3.63, 3.8) is 0 Å². The van der Waals surface area contributed by atoms with Crippen LogP contribution in [0.4, 0.5) is 14.9 Å². The molecule has 3 N–H and O–H groups in total. The minimum Gasteiger partial charge on any atom is -0.394 e. The summed E-state index contributed by atoms with van der Waals surface area (Å²) in [6.07, 6.45) is 5.27. The van der Waals surface area contributed by atoms with E-state index < -0.39 is 17.4 Å². The quantitative estimate of drug-likeness (QED) is 0.791. The number of urea groups is 1. The number of aliphatic hydroxyl groups excluding tert-OH is 1. The first-order valence-electron chi connectivity index (χ1n) is 7.51. The molecule has 1 saturated carbocycles. The Morgan fingerprint density at radius 1 is 1.52 bits per heavy atom. The number of anilines is 1. The van der Waals surface area contributed by atoms with Crippen molar-refractivity contribution in [1.29, 1.82) is 0 Å². The number of halogens is 1. The number of rotatable bonds is 5. The van der Waals surface area contributed by atoms with Crippen molar-refractivity contribution in [2.24, 2.45) is 5.92 Å². The molecule has 7 heteroatoms. The van der Waals surface area contributed by atoms with Gasteiger partial charge in [0.15, 0.2) is 0 Å². The highest BCUT2D eigenvalue weighted by atomic mass is 19.1. The fourth-order valence-electron chi connectivity index (χ4n) is 2.62. The maximum Gasteiger partial charge on any atom is 0.319 e. The Labute approximate surface area is 133 Å². The summed E-state index contributed by atoms with van der Waals surface area (Å²) < 4.78 is 15.1. The van der Waals surface area contributed by atoms with Gasteiger partial charge in [-0.3, -0.25) is 0 Å². The SMILES string of the molecule is CC(CO)(NC(=O)Nc1cc(F)ccc1-n1cccn1)C1CC1. The summed E-state index contributed by atoms with van der Waals surface area (Å²) in [5.74, 6) is -0.181. The second kappa shape index (κ2) is 6.00. The molecule has 1 aromatic carbocycles. The van der Waals surface area contributed by atoms with Gasteiger partial charge in [-0.05, 0) is 49.9 Å². The first kappa shape index (κ1) is 15.5. The predicted octanol–water partition coefficient (Wildman–Crippen LogP) is 2.29. The van der Waals surface area contributed by atoms with Crippen LogP contribution in [0.5, 0.6) is 0 Å². The van der Waals surface area contributed by atoms with Crippen molar-refractivity contribution >= 4 is 11.7 Å².